The summed E-state index contributed by atoms with van der Waals surface area (Å²) in [7, 11) is 0. The third-order valence-electron chi connectivity index (χ3n) is 3.52. The van der Waals surface area contributed by atoms with Crippen molar-refractivity contribution in [2.75, 3.05) is 13.2 Å². The third kappa shape index (κ3) is 3.50. The van der Waals surface area contributed by atoms with Crippen LogP contribution in [0.5, 0.6) is 0 Å². The van der Waals surface area contributed by atoms with Crippen molar-refractivity contribution >= 4 is 5.97 Å². The van der Waals surface area contributed by atoms with Crippen molar-refractivity contribution in [3.8, 4) is 0 Å². The number of aliphatic carboxylic acids is 1. The van der Waals surface area contributed by atoms with Gasteiger partial charge in [0.2, 0.25) is 0 Å². The van der Waals surface area contributed by atoms with Gasteiger partial charge in [-0.1, -0.05) is 13.8 Å². The number of hydrogen-bond donors (Lipinski definition) is 1. The summed E-state index contributed by atoms with van der Waals surface area (Å²) in [6.07, 6.45) is 3.70. The quantitative estimate of drug-likeness (QED) is 0.901. The first kappa shape index (κ1) is 13.9. The molecule has 0 aromatic carbocycles. The summed E-state index contributed by atoms with van der Waals surface area (Å²) in [5, 5.41) is 8.96. The lowest BCUT2D eigenvalue weighted by molar-refractivity contribution is -0.138. The van der Waals surface area contributed by atoms with Gasteiger partial charge in [0.05, 0.1) is 6.42 Å². The lowest BCUT2D eigenvalue weighted by Crippen LogP contribution is -2.25. The van der Waals surface area contributed by atoms with E-state index in [1.165, 1.54) is 0 Å². The molecule has 1 fully saturated rings. The summed E-state index contributed by atoms with van der Waals surface area (Å²) >= 11 is 0. The first-order chi connectivity index (χ1) is 8.99. The van der Waals surface area contributed by atoms with Gasteiger partial charge in [0.15, 0.2) is 0 Å². The Morgan fingerprint density at radius 1 is 1.47 bits per heavy atom. The number of aromatic nitrogens is 2. The van der Waals surface area contributed by atoms with Gasteiger partial charge in [-0.15, -0.1) is 0 Å². The Hall–Kier alpha value is -1.49. The van der Waals surface area contributed by atoms with Gasteiger partial charge in [0.25, 0.3) is 0 Å². The fourth-order valence-electron chi connectivity index (χ4n) is 2.38. The van der Waals surface area contributed by atoms with E-state index in [9.17, 15) is 4.79 Å². The third-order valence-corrected chi connectivity index (χ3v) is 3.52. The number of nitrogens with zero attached hydrogens (tertiary/aromatic N) is 2. The summed E-state index contributed by atoms with van der Waals surface area (Å²) in [5.74, 6) is 0.181. The van der Waals surface area contributed by atoms with Crippen LogP contribution in [0.3, 0.4) is 0 Å². The molecule has 2 rings (SSSR count). The monoisotopic (exact) mass is 264 g/mol. The molecule has 19 heavy (non-hydrogen) atoms. The standard InChI is InChI=1S/C14H20N2O3/c1-14(2,9-12(17)18)13-15-6-3-11(16-13)10-4-7-19-8-5-10/h3,6,10H,4-5,7-9H2,1-2H3,(H,17,18). The summed E-state index contributed by atoms with van der Waals surface area (Å²) < 4.78 is 5.35. The van der Waals surface area contributed by atoms with Crippen LogP contribution in [-0.4, -0.2) is 34.3 Å². The van der Waals surface area contributed by atoms with Crippen LogP contribution >= 0.6 is 0 Å². The SMILES string of the molecule is CC(C)(CC(=O)O)c1nccc(C2CCOCC2)n1. The van der Waals surface area contributed by atoms with E-state index < -0.39 is 11.4 Å². The molecule has 5 heteroatoms. The summed E-state index contributed by atoms with van der Waals surface area (Å²) in [6.45, 7) is 5.26. The van der Waals surface area contributed by atoms with Crippen molar-refractivity contribution in [3.05, 3.63) is 23.8 Å². The zero-order chi connectivity index (χ0) is 13.9. The van der Waals surface area contributed by atoms with Crippen molar-refractivity contribution in [1.29, 1.82) is 0 Å². The highest BCUT2D eigenvalue weighted by molar-refractivity contribution is 5.68. The van der Waals surface area contributed by atoms with Crippen molar-refractivity contribution < 1.29 is 14.6 Å². The minimum atomic E-state index is -0.829. The van der Waals surface area contributed by atoms with E-state index in [-0.39, 0.29) is 6.42 Å². The van der Waals surface area contributed by atoms with E-state index in [2.05, 4.69) is 9.97 Å². The van der Waals surface area contributed by atoms with Crippen LogP contribution in [0.4, 0.5) is 0 Å². The highest BCUT2D eigenvalue weighted by Crippen LogP contribution is 2.28. The van der Waals surface area contributed by atoms with Crippen LogP contribution in [0.1, 0.15) is 50.5 Å². The largest absolute Gasteiger partial charge is 0.481 e. The zero-order valence-corrected chi connectivity index (χ0v) is 11.4. The Morgan fingerprint density at radius 2 is 2.16 bits per heavy atom. The number of ether oxygens (including phenoxy) is 1. The molecule has 0 unspecified atom stereocenters. The lowest BCUT2D eigenvalue weighted by Gasteiger charge is -2.24. The lowest BCUT2D eigenvalue weighted by atomic mass is 9.87. The molecule has 1 aliphatic heterocycles. The van der Waals surface area contributed by atoms with Crippen LogP contribution in [0.15, 0.2) is 12.3 Å². The van der Waals surface area contributed by atoms with Gasteiger partial charge in [-0.05, 0) is 18.9 Å². The average Bonchev–Trinajstić information content (AvgIpc) is 2.38. The van der Waals surface area contributed by atoms with E-state index in [1.807, 2.05) is 19.9 Å². The highest BCUT2D eigenvalue weighted by atomic mass is 16.5. The van der Waals surface area contributed by atoms with E-state index >= 15 is 0 Å². The van der Waals surface area contributed by atoms with E-state index in [0.717, 1.165) is 31.7 Å². The Labute approximate surface area is 113 Å². The van der Waals surface area contributed by atoms with Crippen LogP contribution in [0, 0.1) is 0 Å². The molecule has 2 heterocycles. The molecule has 1 aromatic heterocycles. The summed E-state index contributed by atoms with van der Waals surface area (Å²) in [5.41, 5.74) is 0.458. The molecule has 0 spiro atoms. The first-order valence-corrected chi connectivity index (χ1v) is 6.62. The molecule has 1 aliphatic rings. The molecule has 0 bridgehead atoms. The Bertz CT molecular complexity index is 454. The maximum Gasteiger partial charge on any atom is 0.304 e. The predicted octanol–water partition coefficient (Wildman–Crippen LogP) is 2.12. The zero-order valence-electron chi connectivity index (χ0n) is 11.4. The number of carbonyl (C=O) groups is 1. The van der Waals surface area contributed by atoms with Gasteiger partial charge in [-0.25, -0.2) is 9.97 Å². The van der Waals surface area contributed by atoms with Crippen LogP contribution in [-0.2, 0) is 14.9 Å². The fourth-order valence-corrected chi connectivity index (χ4v) is 2.38. The molecule has 0 amide bonds. The second-order valence-electron chi connectivity index (χ2n) is 5.65. The normalized spacial score (nSPS) is 17.4. The Balaban J connectivity index is 2.20. The topological polar surface area (TPSA) is 72.3 Å². The minimum absolute atomic E-state index is 0.0320. The molecular weight excluding hydrogens is 244 g/mol. The van der Waals surface area contributed by atoms with Crippen LogP contribution in [0.25, 0.3) is 0 Å². The van der Waals surface area contributed by atoms with Gasteiger partial charge in [-0.2, -0.15) is 0 Å². The molecule has 0 saturated carbocycles. The van der Waals surface area contributed by atoms with Crippen molar-refractivity contribution in [3.63, 3.8) is 0 Å². The van der Waals surface area contributed by atoms with E-state index in [4.69, 9.17) is 9.84 Å². The van der Waals surface area contributed by atoms with Gasteiger partial charge >= 0.3 is 5.97 Å². The van der Waals surface area contributed by atoms with Gasteiger partial charge in [0.1, 0.15) is 5.82 Å². The van der Waals surface area contributed by atoms with Gasteiger partial charge in [-0.3, -0.25) is 4.79 Å². The van der Waals surface area contributed by atoms with Crippen LogP contribution < -0.4 is 0 Å². The Morgan fingerprint density at radius 3 is 2.79 bits per heavy atom. The summed E-state index contributed by atoms with van der Waals surface area (Å²) in [4.78, 5) is 19.7. The molecule has 0 aliphatic carbocycles. The maximum absolute atomic E-state index is 10.9. The predicted molar refractivity (Wildman–Crippen MR) is 70.1 cm³/mol. The highest BCUT2D eigenvalue weighted by Gasteiger charge is 2.28. The van der Waals surface area contributed by atoms with Crippen molar-refractivity contribution in [2.45, 2.75) is 44.4 Å². The number of rotatable bonds is 4. The second kappa shape index (κ2) is 5.65. The molecule has 1 aromatic rings. The molecule has 0 radical (unpaired) electrons. The molecule has 5 nitrogen and oxygen atoms in total. The van der Waals surface area contributed by atoms with Crippen molar-refractivity contribution in [2.24, 2.45) is 0 Å². The summed E-state index contributed by atoms with van der Waals surface area (Å²) in [6, 6.07) is 1.93. The van der Waals surface area contributed by atoms with Crippen LogP contribution in [0.2, 0.25) is 0 Å². The number of hydrogen-bond acceptors (Lipinski definition) is 4. The maximum atomic E-state index is 10.9. The molecule has 1 saturated heterocycles. The second-order valence-corrected chi connectivity index (χ2v) is 5.65. The molecule has 1 N–H and O–H groups in total. The molecule has 0 atom stereocenters. The molecular formula is C14H20N2O3. The smallest absolute Gasteiger partial charge is 0.304 e. The van der Waals surface area contributed by atoms with Crippen molar-refractivity contribution in [1.82, 2.24) is 9.97 Å². The van der Waals surface area contributed by atoms with Gasteiger partial charge in [0, 0.05) is 36.4 Å². The van der Waals surface area contributed by atoms with E-state index in [0.29, 0.717) is 11.7 Å². The fraction of sp³-hybridized carbons (Fsp3) is 0.643. The number of carboxylic acid groups (broad SMARTS) is 1. The Kier molecular flexibility index (Phi) is 4.14. The minimum Gasteiger partial charge on any atom is -0.481 e. The van der Waals surface area contributed by atoms with E-state index in [1.54, 1.807) is 6.20 Å². The van der Waals surface area contributed by atoms with Gasteiger partial charge < -0.3 is 9.84 Å². The average molecular weight is 264 g/mol. The first-order valence-electron chi connectivity index (χ1n) is 6.62. The number of carboxylic acids is 1. The molecule has 104 valence electrons.